The summed E-state index contributed by atoms with van der Waals surface area (Å²) < 4.78 is 1.04. The molecule has 0 spiro atoms. The van der Waals surface area contributed by atoms with Crippen molar-refractivity contribution >= 4 is 46.0 Å². The SMILES string of the molecule is CC1(C)C(C(=O)N(C2CCN(Cc3ccccc3)CC2)C2CC(=O)N(c3ccc(I)cc3)C2=O)C1(C)C. The quantitative estimate of drug-likeness (QED) is 0.336. The molecule has 0 radical (unpaired) electrons. The van der Waals surface area contributed by atoms with Crippen molar-refractivity contribution in [1.82, 2.24) is 9.80 Å². The maximum atomic E-state index is 14.2. The summed E-state index contributed by atoms with van der Waals surface area (Å²) >= 11 is 2.21. The predicted molar refractivity (Wildman–Crippen MR) is 153 cm³/mol. The van der Waals surface area contributed by atoms with Crippen molar-refractivity contribution in [3.63, 3.8) is 0 Å². The van der Waals surface area contributed by atoms with E-state index < -0.39 is 6.04 Å². The maximum absolute atomic E-state index is 14.2. The number of hydrogen-bond donors (Lipinski definition) is 0. The third-order valence-electron chi connectivity index (χ3n) is 9.27. The number of anilines is 1. The summed E-state index contributed by atoms with van der Waals surface area (Å²) in [5.74, 6) is -0.628. The maximum Gasteiger partial charge on any atom is 0.257 e. The number of carbonyl (C=O) groups excluding carboxylic acids is 3. The zero-order valence-electron chi connectivity index (χ0n) is 22.1. The molecule has 1 atom stereocenters. The van der Waals surface area contributed by atoms with Crippen LogP contribution in [0.2, 0.25) is 0 Å². The van der Waals surface area contributed by atoms with Crippen molar-refractivity contribution in [1.29, 1.82) is 0 Å². The molecule has 1 saturated carbocycles. The molecule has 5 rings (SSSR count). The van der Waals surface area contributed by atoms with Gasteiger partial charge in [0.2, 0.25) is 11.8 Å². The number of imide groups is 1. The van der Waals surface area contributed by atoms with Crippen molar-refractivity contribution in [3.05, 3.63) is 63.7 Å². The zero-order valence-corrected chi connectivity index (χ0v) is 24.3. The fraction of sp³-hybridized carbons (Fsp3) is 0.500. The lowest BCUT2D eigenvalue weighted by Crippen LogP contribution is -2.55. The Morgan fingerprint density at radius 1 is 0.946 bits per heavy atom. The summed E-state index contributed by atoms with van der Waals surface area (Å²) in [4.78, 5) is 46.6. The van der Waals surface area contributed by atoms with Gasteiger partial charge in [0.25, 0.3) is 5.91 Å². The molecule has 3 amide bonds. The van der Waals surface area contributed by atoms with E-state index in [0.717, 1.165) is 36.0 Å². The molecule has 2 aromatic rings. The van der Waals surface area contributed by atoms with Crippen molar-refractivity contribution < 1.29 is 14.4 Å². The minimum absolute atomic E-state index is 0.0344. The average molecular weight is 614 g/mol. The monoisotopic (exact) mass is 613 g/mol. The number of hydrogen-bond acceptors (Lipinski definition) is 4. The molecule has 0 aromatic heterocycles. The second kappa shape index (κ2) is 9.80. The van der Waals surface area contributed by atoms with Crippen LogP contribution in [-0.2, 0) is 20.9 Å². The Balaban J connectivity index is 1.38. The number of piperidine rings is 1. The van der Waals surface area contributed by atoms with E-state index in [9.17, 15) is 14.4 Å². The van der Waals surface area contributed by atoms with E-state index >= 15 is 0 Å². The van der Waals surface area contributed by atoms with Gasteiger partial charge in [-0.15, -0.1) is 0 Å². The van der Waals surface area contributed by atoms with Gasteiger partial charge in [0.05, 0.1) is 12.1 Å². The fourth-order valence-electron chi connectivity index (χ4n) is 6.44. The van der Waals surface area contributed by atoms with Gasteiger partial charge >= 0.3 is 0 Å². The van der Waals surface area contributed by atoms with Gasteiger partial charge in [0, 0.05) is 35.2 Å². The highest BCUT2D eigenvalue weighted by molar-refractivity contribution is 14.1. The molecule has 3 fully saturated rings. The predicted octanol–water partition coefficient (Wildman–Crippen LogP) is 5.10. The van der Waals surface area contributed by atoms with Crippen molar-refractivity contribution in [2.45, 2.75) is 65.6 Å². The van der Waals surface area contributed by atoms with Crippen LogP contribution in [0.25, 0.3) is 0 Å². The van der Waals surface area contributed by atoms with Crippen molar-refractivity contribution in [2.24, 2.45) is 16.7 Å². The highest BCUT2D eigenvalue weighted by Gasteiger charge is 2.69. The van der Waals surface area contributed by atoms with Gasteiger partial charge in [0.1, 0.15) is 6.04 Å². The molecule has 0 N–H and O–H groups in total. The van der Waals surface area contributed by atoms with Crippen molar-refractivity contribution in [3.8, 4) is 0 Å². The zero-order chi connectivity index (χ0) is 26.5. The Labute approximate surface area is 233 Å². The van der Waals surface area contributed by atoms with Gasteiger partial charge in [-0.25, -0.2) is 4.90 Å². The fourth-order valence-corrected chi connectivity index (χ4v) is 6.80. The van der Waals surface area contributed by atoms with Crippen LogP contribution in [0.1, 0.15) is 52.5 Å². The lowest BCUT2D eigenvalue weighted by atomic mass is 9.97. The molecule has 1 unspecified atom stereocenters. The van der Waals surface area contributed by atoms with Crippen LogP contribution in [-0.4, -0.2) is 52.7 Å². The van der Waals surface area contributed by atoms with Crippen LogP contribution < -0.4 is 4.90 Å². The van der Waals surface area contributed by atoms with Crippen LogP contribution in [0.4, 0.5) is 5.69 Å². The number of halogens is 1. The Morgan fingerprint density at radius 2 is 1.54 bits per heavy atom. The average Bonchev–Trinajstić information content (AvgIpc) is 3.10. The van der Waals surface area contributed by atoms with E-state index in [1.807, 2.05) is 23.1 Å². The van der Waals surface area contributed by atoms with Gasteiger partial charge in [-0.05, 0) is 76.1 Å². The molecular weight excluding hydrogens is 577 g/mol. The van der Waals surface area contributed by atoms with Gasteiger partial charge in [0.15, 0.2) is 0 Å². The molecule has 37 heavy (non-hydrogen) atoms. The molecule has 196 valence electrons. The molecular formula is C30H36IN3O3. The molecule has 7 heteroatoms. The number of nitrogens with zero attached hydrogens (tertiary/aromatic N) is 3. The Kier molecular flexibility index (Phi) is 6.98. The normalized spacial score (nSPS) is 23.9. The number of rotatable bonds is 6. The first-order chi connectivity index (χ1) is 17.5. The van der Waals surface area contributed by atoms with Crippen LogP contribution in [0.3, 0.4) is 0 Å². The van der Waals surface area contributed by atoms with Gasteiger partial charge in [-0.2, -0.15) is 0 Å². The third kappa shape index (κ3) is 4.73. The molecule has 3 aliphatic rings. The van der Waals surface area contributed by atoms with E-state index in [2.05, 4.69) is 79.5 Å². The largest absolute Gasteiger partial charge is 0.327 e. The number of likely N-dealkylation sites (tertiary alicyclic amines) is 1. The third-order valence-corrected chi connectivity index (χ3v) is 9.98. The second-order valence-electron chi connectivity index (χ2n) is 11.9. The first-order valence-electron chi connectivity index (χ1n) is 13.2. The molecule has 2 heterocycles. The lowest BCUT2D eigenvalue weighted by molar-refractivity contribution is -0.144. The van der Waals surface area contributed by atoms with E-state index in [1.54, 1.807) is 12.1 Å². The summed E-state index contributed by atoms with van der Waals surface area (Å²) in [5.41, 5.74) is 1.57. The molecule has 1 aliphatic carbocycles. The lowest BCUT2D eigenvalue weighted by Gasteiger charge is -2.41. The Bertz CT molecular complexity index is 1170. The van der Waals surface area contributed by atoms with Gasteiger partial charge < -0.3 is 4.90 Å². The van der Waals surface area contributed by atoms with Crippen LogP contribution in [0.5, 0.6) is 0 Å². The van der Waals surface area contributed by atoms with Crippen molar-refractivity contribution in [2.75, 3.05) is 18.0 Å². The topological polar surface area (TPSA) is 60.9 Å². The second-order valence-corrected chi connectivity index (χ2v) is 13.1. The van der Waals surface area contributed by atoms with Crippen LogP contribution in [0.15, 0.2) is 54.6 Å². The van der Waals surface area contributed by atoms with E-state index in [1.165, 1.54) is 10.5 Å². The van der Waals surface area contributed by atoms with E-state index in [-0.39, 0.29) is 46.9 Å². The minimum Gasteiger partial charge on any atom is -0.327 e. The highest BCUT2D eigenvalue weighted by atomic mass is 127. The molecule has 6 nitrogen and oxygen atoms in total. The molecule has 2 aromatic carbocycles. The number of benzene rings is 2. The Hall–Kier alpha value is -2.26. The number of carbonyl (C=O) groups is 3. The van der Waals surface area contributed by atoms with Crippen LogP contribution in [0, 0.1) is 20.3 Å². The van der Waals surface area contributed by atoms with E-state index in [0.29, 0.717) is 5.69 Å². The van der Waals surface area contributed by atoms with Gasteiger partial charge in [-0.1, -0.05) is 58.0 Å². The highest BCUT2D eigenvalue weighted by Crippen LogP contribution is 2.69. The summed E-state index contributed by atoms with van der Waals surface area (Å²) in [5, 5.41) is 0. The first-order valence-corrected chi connectivity index (χ1v) is 14.3. The summed E-state index contributed by atoms with van der Waals surface area (Å²) in [6, 6.07) is 17.0. The summed E-state index contributed by atoms with van der Waals surface area (Å²) in [6.07, 6.45) is 1.65. The number of amides is 3. The molecule has 2 aliphatic heterocycles. The summed E-state index contributed by atoms with van der Waals surface area (Å²) in [6.45, 7) is 11.1. The van der Waals surface area contributed by atoms with Crippen LogP contribution >= 0.6 is 22.6 Å². The van der Waals surface area contributed by atoms with Gasteiger partial charge in [-0.3, -0.25) is 19.3 Å². The first kappa shape index (κ1) is 26.4. The Morgan fingerprint density at radius 3 is 2.11 bits per heavy atom. The minimum atomic E-state index is -0.739. The molecule has 0 bridgehead atoms. The molecule has 2 saturated heterocycles. The van der Waals surface area contributed by atoms with E-state index in [4.69, 9.17) is 0 Å². The summed E-state index contributed by atoms with van der Waals surface area (Å²) in [7, 11) is 0. The smallest absolute Gasteiger partial charge is 0.257 e. The standard InChI is InChI=1S/C30H36IN3O3/c1-29(2)26(30(29,3)4)28(37)33(23-14-16-32(17-15-23)19-20-8-6-5-7-9-20)24-18-25(35)34(27(24)36)22-12-10-21(31)11-13-22/h5-13,23-24,26H,14-19H2,1-4H3.